The van der Waals surface area contributed by atoms with Crippen molar-refractivity contribution >= 4 is 11.6 Å². The van der Waals surface area contributed by atoms with Crippen molar-refractivity contribution in [2.45, 2.75) is 20.3 Å². The van der Waals surface area contributed by atoms with Crippen molar-refractivity contribution in [3.63, 3.8) is 0 Å². The van der Waals surface area contributed by atoms with Crippen LogP contribution >= 0.6 is 0 Å². The molecule has 2 aromatic rings. The van der Waals surface area contributed by atoms with Gasteiger partial charge in [-0.1, -0.05) is 19.9 Å². The van der Waals surface area contributed by atoms with E-state index in [2.05, 4.69) is 19.2 Å². The summed E-state index contributed by atoms with van der Waals surface area (Å²) >= 11 is 0. The summed E-state index contributed by atoms with van der Waals surface area (Å²) in [6, 6.07) is 15.9. The largest absolute Gasteiger partial charge is 0.494 e. The molecule has 0 aliphatic heterocycles. The molecule has 0 spiro atoms. The maximum atomic E-state index is 12.2. The van der Waals surface area contributed by atoms with Crippen LogP contribution in [0, 0.1) is 17.2 Å². The van der Waals surface area contributed by atoms with Crippen molar-refractivity contribution in [2.75, 3.05) is 11.9 Å². The number of hydrogen-bond acceptors (Lipinski definition) is 3. The van der Waals surface area contributed by atoms with Gasteiger partial charge in [-0.3, -0.25) is 4.79 Å². The van der Waals surface area contributed by atoms with Gasteiger partial charge in [0, 0.05) is 11.3 Å². The zero-order valence-corrected chi connectivity index (χ0v) is 13.4. The number of carbonyl (C=O) groups excluding carboxylic acids is 1. The van der Waals surface area contributed by atoms with Crippen molar-refractivity contribution in [2.24, 2.45) is 5.92 Å². The smallest absolute Gasteiger partial charge is 0.255 e. The first-order chi connectivity index (χ1) is 11.1. The van der Waals surface area contributed by atoms with E-state index in [0.29, 0.717) is 29.3 Å². The Bertz CT molecular complexity index is 700. The fourth-order valence-corrected chi connectivity index (χ4v) is 1.98. The SMILES string of the molecule is CC(C)CCOc1ccc(C(=O)Nc2cccc(C#N)c2)cc1. The average molecular weight is 308 g/mol. The predicted octanol–water partition coefficient (Wildman–Crippen LogP) is 4.24. The van der Waals surface area contributed by atoms with Crippen LogP contribution in [0.2, 0.25) is 0 Å². The fraction of sp³-hybridized carbons (Fsp3) is 0.263. The number of nitrogens with one attached hydrogen (secondary N) is 1. The summed E-state index contributed by atoms with van der Waals surface area (Å²) < 4.78 is 5.63. The van der Waals surface area contributed by atoms with Gasteiger partial charge in [0.25, 0.3) is 5.91 Å². The van der Waals surface area contributed by atoms with Crippen LogP contribution in [0.4, 0.5) is 5.69 Å². The minimum absolute atomic E-state index is 0.214. The number of carbonyl (C=O) groups is 1. The summed E-state index contributed by atoms with van der Waals surface area (Å²) in [5.74, 6) is 1.15. The molecule has 0 saturated carbocycles. The van der Waals surface area contributed by atoms with Gasteiger partial charge in [0.1, 0.15) is 5.75 Å². The first-order valence-corrected chi connectivity index (χ1v) is 7.63. The van der Waals surface area contributed by atoms with Gasteiger partial charge in [-0.2, -0.15) is 5.26 Å². The Kier molecular flexibility index (Phi) is 5.76. The van der Waals surface area contributed by atoms with E-state index in [9.17, 15) is 4.79 Å². The summed E-state index contributed by atoms with van der Waals surface area (Å²) in [5, 5.41) is 11.7. The molecule has 0 unspecified atom stereocenters. The molecule has 2 aromatic carbocycles. The van der Waals surface area contributed by atoms with E-state index in [1.165, 1.54) is 0 Å². The van der Waals surface area contributed by atoms with E-state index >= 15 is 0 Å². The quantitative estimate of drug-likeness (QED) is 0.868. The normalized spacial score (nSPS) is 10.2. The third-order valence-electron chi connectivity index (χ3n) is 3.33. The van der Waals surface area contributed by atoms with Crippen LogP contribution in [0.25, 0.3) is 0 Å². The van der Waals surface area contributed by atoms with Gasteiger partial charge in [-0.15, -0.1) is 0 Å². The molecular weight excluding hydrogens is 288 g/mol. The molecule has 0 fully saturated rings. The molecule has 0 aliphatic rings. The van der Waals surface area contributed by atoms with E-state index in [0.717, 1.165) is 12.2 Å². The summed E-state index contributed by atoms with van der Waals surface area (Å²) in [6.45, 7) is 4.97. The van der Waals surface area contributed by atoms with Gasteiger partial charge in [0.15, 0.2) is 0 Å². The molecule has 2 rings (SSSR count). The molecule has 0 radical (unpaired) electrons. The minimum atomic E-state index is -0.214. The number of rotatable bonds is 6. The fourth-order valence-electron chi connectivity index (χ4n) is 1.98. The summed E-state index contributed by atoms with van der Waals surface area (Å²) in [6.07, 6.45) is 0.997. The number of nitriles is 1. The zero-order valence-electron chi connectivity index (χ0n) is 13.4. The molecule has 23 heavy (non-hydrogen) atoms. The van der Waals surface area contributed by atoms with Crippen LogP contribution < -0.4 is 10.1 Å². The topological polar surface area (TPSA) is 62.1 Å². The van der Waals surface area contributed by atoms with E-state index in [1.807, 2.05) is 6.07 Å². The molecule has 4 nitrogen and oxygen atoms in total. The maximum absolute atomic E-state index is 12.2. The second-order valence-corrected chi connectivity index (χ2v) is 5.70. The number of amides is 1. The molecule has 0 aliphatic carbocycles. The molecule has 0 saturated heterocycles. The Balaban J connectivity index is 1.96. The second kappa shape index (κ2) is 8.00. The Labute approximate surface area is 136 Å². The van der Waals surface area contributed by atoms with Gasteiger partial charge in [0.05, 0.1) is 18.2 Å². The molecule has 118 valence electrons. The predicted molar refractivity (Wildman–Crippen MR) is 90.5 cm³/mol. The Morgan fingerprint density at radius 3 is 2.61 bits per heavy atom. The van der Waals surface area contributed by atoms with Crippen molar-refractivity contribution in [1.82, 2.24) is 0 Å². The monoisotopic (exact) mass is 308 g/mol. The summed E-state index contributed by atoms with van der Waals surface area (Å²) in [5.41, 5.74) is 1.66. The molecule has 0 aromatic heterocycles. The summed E-state index contributed by atoms with van der Waals surface area (Å²) in [7, 11) is 0. The first kappa shape index (κ1) is 16.6. The molecule has 0 heterocycles. The van der Waals surface area contributed by atoms with Crippen LogP contribution in [0.3, 0.4) is 0 Å². The van der Waals surface area contributed by atoms with Gasteiger partial charge in [0.2, 0.25) is 0 Å². The first-order valence-electron chi connectivity index (χ1n) is 7.63. The molecule has 1 amide bonds. The van der Waals surface area contributed by atoms with E-state index in [-0.39, 0.29) is 5.91 Å². The lowest BCUT2D eigenvalue weighted by molar-refractivity contribution is 0.102. The van der Waals surface area contributed by atoms with Crippen LogP contribution in [0.5, 0.6) is 5.75 Å². The number of nitrogens with zero attached hydrogens (tertiary/aromatic N) is 1. The van der Waals surface area contributed by atoms with Crippen molar-refractivity contribution in [3.05, 3.63) is 59.7 Å². The summed E-state index contributed by atoms with van der Waals surface area (Å²) in [4.78, 5) is 12.2. The third kappa shape index (κ3) is 5.15. The highest BCUT2D eigenvalue weighted by molar-refractivity contribution is 6.04. The van der Waals surface area contributed by atoms with Crippen molar-refractivity contribution in [3.8, 4) is 11.8 Å². The lowest BCUT2D eigenvalue weighted by Crippen LogP contribution is -2.11. The molecule has 0 bridgehead atoms. The van der Waals surface area contributed by atoms with Gasteiger partial charge < -0.3 is 10.1 Å². The Morgan fingerprint density at radius 2 is 1.96 bits per heavy atom. The number of benzene rings is 2. The Morgan fingerprint density at radius 1 is 1.22 bits per heavy atom. The number of ether oxygens (including phenoxy) is 1. The minimum Gasteiger partial charge on any atom is -0.494 e. The lowest BCUT2D eigenvalue weighted by Gasteiger charge is -2.09. The zero-order chi connectivity index (χ0) is 16.7. The van der Waals surface area contributed by atoms with Gasteiger partial charge in [-0.25, -0.2) is 0 Å². The van der Waals surface area contributed by atoms with Gasteiger partial charge in [-0.05, 0) is 54.8 Å². The van der Waals surface area contributed by atoms with Crippen LogP contribution in [-0.2, 0) is 0 Å². The van der Waals surface area contributed by atoms with E-state index in [1.54, 1.807) is 48.5 Å². The van der Waals surface area contributed by atoms with Crippen LogP contribution in [0.15, 0.2) is 48.5 Å². The van der Waals surface area contributed by atoms with Crippen molar-refractivity contribution in [1.29, 1.82) is 5.26 Å². The average Bonchev–Trinajstić information content (AvgIpc) is 2.55. The second-order valence-electron chi connectivity index (χ2n) is 5.70. The molecule has 4 heteroatoms. The maximum Gasteiger partial charge on any atom is 0.255 e. The van der Waals surface area contributed by atoms with Gasteiger partial charge >= 0.3 is 0 Å². The van der Waals surface area contributed by atoms with E-state index in [4.69, 9.17) is 10.00 Å². The third-order valence-corrected chi connectivity index (χ3v) is 3.33. The van der Waals surface area contributed by atoms with Crippen LogP contribution in [0.1, 0.15) is 36.2 Å². The highest BCUT2D eigenvalue weighted by atomic mass is 16.5. The number of hydrogen-bond donors (Lipinski definition) is 1. The van der Waals surface area contributed by atoms with E-state index < -0.39 is 0 Å². The molecule has 0 atom stereocenters. The highest BCUT2D eigenvalue weighted by Crippen LogP contribution is 2.16. The molecular formula is C19H20N2O2. The standard InChI is InChI=1S/C19H20N2O2/c1-14(2)10-11-23-18-8-6-16(7-9-18)19(22)21-17-5-3-4-15(12-17)13-20/h3-9,12,14H,10-11H2,1-2H3,(H,21,22). The van der Waals surface area contributed by atoms with Crippen molar-refractivity contribution < 1.29 is 9.53 Å². The highest BCUT2D eigenvalue weighted by Gasteiger charge is 2.07. The lowest BCUT2D eigenvalue weighted by atomic mass is 10.1. The Hall–Kier alpha value is -2.80. The molecule has 1 N–H and O–H groups in total. The number of anilines is 1. The van der Waals surface area contributed by atoms with Crippen LogP contribution in [-0.4, -0.2) is 12.5 Å².